The zero-order valence-corrected chi connectivity index (χ0v) is 14.8. The van der Waals surface area contributed by atoms with Crippen LogP contribution in [0.15, 0.2) is 18.3 Å². The third-order valence-corrected chi connectivity index (χ3v) is 3.74. The summed E-state index contributed by atoms with van der Waals surface area (Å²) < 4.78 is 0. The molecule has 0 spiro atoms. The number of likely N-dealkylation sites (N-methyl/N-ethyl adjacent to an activating group) is 2. The summed E-state index contributed by atoms with van der Waals surface area (Å²) in [5.74, 6) is -0.945. The summed E-state index contributed by atoms with van der Waals surface area (Å²) in [6.45, 7) is 7.94. The van der Waals surface area contributed by atoms with Crippen molar-refractivity contribution in [3.8, 4) is 0 Å². The molecular formula is C17H28N4O3. The lowest BCUT2D eigenvalue weighted by atomic mass is 10.2. The highest BCUT2D eigenvalue weighted by molar-refractivity contribution is 5.87. The lowest BCUT2D eigenvalue weighted by molar-refractivity contribution is -0.130. The third-order valence-electron chi connectivity index (χ3n) is 3.74. The van der Waals surface area contributed by atoms with Crippen molar-refractivity contribution in [3.63, 3.8) is 0 Å². The SMILES string of the molecule is CCCN(C)CCN(CC)C(=O)CNCc1cc(C(=O)O)ccn1. The summed E-state index contributed by atoms with van der Waals surface area (Å²) in [6, 6.07) is 2.96. The maximum absolute atomic E-state index is 12.2. The fraction of sp³-hybridized carbons (Fsp3) is 0.588. The van der Waals surface area contributed by atoms with Crippen molar-refractivity contribution in [3.05, 3.63) is 29.6 Å². The molecule has 1 aromatic rings. The molecule has 2 N–H and O–H groups in total. The second kappa shape index (κ2) is 10.7. The topological polar surface area (TPSA) is 85.8 Å². The van der Waals surface area contributed by atoms with Gasteiger partial charge in [-0.05, 0) is 39.1 Å². The van der Waals surface area contributed by atoms with Crippen molar-refractivity contribution in [1.82, 2.24) is 20.1 Å². The first kappa shape index (κ1) is 20.1. The highest BCUT2D eigenvalue weighted by Crippen LogP contribution is 2.01. The zero-order chi connectivity index (χ0) is 17.9. The van der Waals surface area contributed by atoms with Gasteiger partial charge in [0.05, 0.1) is 17.8 Å². The smallest absolute Gasteiger partial charge is 0.335 e. The van der Waals surface area contributed by atoms with Gasteiger partial charge < -0.3 is 20.2 Å². The first-order chi connectivity index (χ1) is 11.5. The normalized spacial score (nSPS) is 10.8. The number of aromatic carboxylic acids is 1. The van der Waals surface area contributed by atoms with Gasteiger partial charge in [-0.15, -0.1) is 0 Å². The molecule has 7 nitrogen and oxygen atoms in total. The molecule has 0 saturated heterocycles. The average Bonchev–Trinajstić information content (AvgIpc) is 2.56. The molecule has 0 saturated carbocycles. The number of hydrogen-bond donors (Lipinski definition) is 2. The van der Waals surface area contributed by atoms with Gasteiger partial charge in [0.15, 0.2) is 0 Å². The first-order valence-electron chi connectivity index (χ1n) is 8.33. The molecule has 0 unspecified atom stereocenters. The van der Waals surface area contributed by atoms with Crippen LogP contribution in [0, 0.1) is 0 Å². The zero-order valence-electron chi connectivity index (χ0n) is 14.8. The van der Waals surface area contributed by atoms with E-state index in [9.17, 15) is 9.59 Å². The number of aromatic nitrogens is 1. The Labute approximate surface area is 143 Å². The quantitative estimate of drug-likeness (QED) is 0.628. The summed E-state index contributed by atoms with van der Waals surface area (Å²) in [6.07, 6.45) is 2.56. The van der Waals surface area contributed by atoms with Crippen LogP contribution in [0.4, 0.5) is 0 Å². The Morgan fingerprint density at radius 2 is 2.00 bits per heavy atom. The highest BCUT2D eigenvalue weighted by Gasteiger charge is 2.12. The van der Waals surface area contributed by atoms with E-state index in [0.29, 0.717) is 25.3 Å². The van der Waals surface area contributed by atoms with E-state index in [1.54, 1.807) is 0 Å². The predicted molar refractivity (Wildman–Crippen MR) is 92.9 cm³/mol. The second-order valence-electron chi connectivity index (χ2n) is 5.72. The molecule has 134 valence electrons. The van der Waals surface area contributed by atoms with E-state index in [2.05, 4.69) is 29.2 Å². The van der Waals surface area contributed by atoms with Crippen molar-refractivity contribution >= 4 is 11.9 Å². The molecule has 0 aliphatic rings. The van der Waals surface area contributed by atoms with Crippen LogP contribution >= 0.6 is 0 Å². The van der Waals surface area contributed by atoms with Gasteiger partial charge in [0.2, 0.25) is 5.91 Å². The van der Waals surface area contributed by atoms with Crippen LogP contribution in [0.25, 0.3) is 0 Å². The molecule has 0 aromatic carbocycles. The van der Waals surface area contributed by atoms with E-state index in [4.69, 9.17) is 5.11 Å². The molecule has 0 aliphatic heterocycles. The minimum absolute atomic E-state index is 0.0387. The fourth-order valence-corrected chi connectivity index (χ4v) is 2.36. The van der Waals surface area contributed by atoms with Crippen LogP contribution in [0.1, 0.15) is 36.3 Å². The number of nitrogens with zero attached hydrogens (tertiary/aromatic N) is 3. The van der Waals surface area contributed by atoms with Crippen molar-refractivity contribution < 1.29 is 14.7 Å². The fourth-order valence-electron chi connectivity index (χ4n) is 2.36. The van der Waals surface area contributed by atoms with Gasteiger partial charge in [-0.2, -0.15) is 0 Å². The van der Waals surface area contributed by atoms with E-state index in [0.717, 1.165) is 19.5 Å². The van der Waals surface area contributed by atoms with Crippen LogP contribution in [-0.4, -0.2) is 71.5 Å². The number of carboxylic acids is 1. The number of hydrogen-bond acceptors (Lipinski definition) is 5. The van der Waals surface area contributed by atoms with E-state index >= 15 is 0 Å². The number of nitrogens with one attached hydrogen (secondary N) is 1. The molecule has 1 heterocycles. The molecule has 7 heteroatoms. The molecule has 1 rings (SSSR count). The summed E-state index contributed by atoms with van der Waals surface area (Å²) in [5.41, 5.74) is 0.802. The Bertz CT molecular complexity index is 536. The monoisotopic (exact) mass is 336 g/mol. The average molecular weight is 336 g/mol. The van der Waals surface area contributed by atoms with Crippen LogP contribution in [0.2, 0.25) is 0 Å². The molecule has 0 bridgehead atoms. The summed E-state index contributed by atoms with van der Waals surface area (Å²) in [5, 5.41) is 12.0. The summed E-state index contributed by atoms with van der Waals surface area (Å²) in [7, 11) is 2.06. The lowest BCUT2D eigenvalue weighted by Crippen LogP contribution is -2.41. The first-order valence-corrected chi connectivity index (χ1v) is 8.33. The van der Waals surface area contributed by atoms with Crippen LogP contribution < -0.4 is 5.32 Å². The highest BCUT2D eigenvalue weighted by atomic mass is 16.4. The molecular weight excluding hydrogens is 308 g/mol. The molecule has 1 aromatic heterocycles. The van der Waals surface area contributed by atoms with Gasteiger partial charge in [-0.1, -0.05) is 6.92 Å². The maximum atomic E-state index is 12.2. The standard InChI is InChI=1S/C17H28N4O3/c1-4-8-20(3)9-10-21(5-2)16(22)13-18-12-15-11-14(17(23)24)6-7-19-15/h6-7,11,18H,4-5,8-10,12-13H2,1-3H3,(H,23,24). The van der Waals surface area contributed by atoms with E-state index in [-0.39, 0.29) is 18.0 Å². The Morgan fingerprint density at radius 1 is 1.25 bits per heavy atom. The Hall–Kier alpha value is -1.99. The van der Waals surface area contributed by atoms with Gasteiger partial charge in [0.25, 0.3) is 0 Å². The van der Waals surface area contributed by atoms with Crippen molar-refractivity contribution in [2.24, 2.45) is 0 Å². The second-order valence-corrected chi connectivity index (χ2v) is 5.72. The predicted octanol–water partition coefficient (Wildman–Crippen LogP) is 1.06. The van der Waals surface area contributed by atoms with Gasteiger partial charge >= 0.3 is 5.97 Å². The molecule has 0 fully saturated rings. The van der Waals surface area contributed by atoms with Gasteiger partial charge in [-0.25, -0.2) is 4.79 Å². The van der Waals surface area contributed by atoms with Crippen molar-refractivity contribution in [2.45, 2.75) is 26.8 Å². The van der Waals surface area contributed by atoms with Gasteiger partial charge in [-0.3, -0.25) is 9.78 Å². The van der Waals surface area contributed by atoms with Crippen LogP contribution in [-0.2, 0) is 11.3 Å². The molecule has 0 aliphatic carbocycles. The van der Waals surface area contributed by atoms with Crippen LogP contribution in [0.3, 0.4) is 0 Å². The number of carbonyl (C=O) groups is 2. The van der Waals surface area contributed by atoms with Gasteiger partial charge in [0.1, 0.15) is 0 Å². The van der Waals surface area contributed by atoms with Crippen molar-refractivity contribution in [2.75, 3.05) is 39.8 Å². The number of pyridine rings is 1. The summed E-state index contributed by atoms with van der Waals surface area (Å²) in [4.78, 5) is 31.3. The Kier molecular flexibility index (Phi) is 8.96. The Morgan fingerprint density at radius 3 is 2.62 bits per heavy atom. The van der Waals surface area contributed by atoms with Crippen molar-refractivity contribution in [1.29, 1.82) is 0 Å². The third kappa shape index (κ3) is 7.06. The molecule has 1 amide bonds. The minimum atomic E-state index is -0.983. The number of carboxylic acid groups (broad SMARTS) is 1. The van der Waals surface area contributed by atoms with Crippen LogP contribution in [0.5, 0.6) is 0 Å². The Balaban J connectivity index is 2.40. The largest absolute Gasteiger partial charge is 0.478 e. The molecule has 24 heavy (non-hydrogen) atoms. The molecule has 0 radical (unpaired) electrons. The van der Waals surface area contributed by atoms with E-state index < -0.39 is 5.97 Å². The lowest BCUT2D eigenvalue weighted by Gasteiger charge is -2.24. The maximum Gasteiger partial charge on any atom is 0.335 e. The minimum Gasteiger partial charge on any atom is -0.478 e. The number of amides is 1. The number of carbonyl (C=O) groups excluding carboxylic acids is 1. The van der Waals surface area contributed by atoms with Gasteiger partial charge in [0, 0.05) is 32.4 Å². The summed E-state index contributed by atoms with van der Waals surface area (Å²) >= 11 is 0. The van der Waals surface area contributed by atoms with E-state index in [1.165, 1.54) is 18.3 Å². The molecule has 0 atom stereocenters. The van der Waals surface area contributed by atoms with E-state index in [1.807, 2.05) is 11.8 Å². The number of rotatable bonds is 11.